The molecule has 0 N–H and O–H groups in total. The molecule has 0 saturated heterocycles. The van der Waals surface area contributed by atoms with E-state index in [1.165, 1.54) is 5.75 Å². The molecule has 1 unspecified atom stereocenters. The van der Waals surface area contributed by atoms with Crippen molar-refractivity contribution in [2.45, 2.75) is 12.2 Å². The second kappa shape index (κ2) is 1.94. The summed E-state index contributed by atoms with van der Waals surface area (Å²) in [5.41, 5.74) is 0. The van der Waals surface area contributed by atoms with Crippen LogP contribution in [-0.2, 0) is 11.4 Å². The summed E-state index contributed by atoms with van der Waals surface area (Å²) < 4.78 is 2.21. The molecule has 0 spiro atoms. The summed E-state index contributed by atoms with van der Waals surface area (Å²) >= 11 is 3.86. The van der Waals surface area contributed by atoms with Crippen LogP contribution < -0.4 is 0 Å². The lowest BCUT2D eigenvalue weighted by Crippen LogP contribution is -1.92. The summed E-state index contributed by atoms with van der Waals surface area (Å²) in [6.07, 6.45) is 0. The first-order valence-corrected chi connectivity index (χ1v) is 3.97. The van der Waals surface area contributed by atoms with E-state index in [4.69, 9.17) is 0 Å². The van der Waals surface area contributed by atoms with Crippen molar-refractivity contribution in [1.82, 2.24) is 0 Å². The Kier molecular flexibility index (Phi) is 1.48. The molecule has 1 rings (SSSR count). The molecule has 0 saturated carbocycles. The van der Waals surface area contributed by atoms with Gasteiger partial charge in [0.1, 0.15) is 0 Å². The molecule has 1 aliphatic rings. The van der Waals surface area contributed by atoms with Crippen LogP contribution in [0.2, 0.25) is 0 Å². The fraction of sp³-hybridized carbons (Fsp3) is 0.750. The van der Waals surface area contributed by atoms with Crippen molar-refractivity contribution in [2.75, 3.05) is 5.75 Å². The van der Waals surface area contributed by atoms with E-state index in [1.54, 1.807) is 0 Å². The Labute approximate surface area is 46.3 Å². The Morgan fingerprint density at radius 3 is 3.00 bits per heavy atom. The van der Waals surface area contributed by atoms with E-state index in [0.29, 0.717) is 0 Å². The van der Waals surface area contributed by atoms with Crippen LogP contribution in [0.5, 0.6) is 0 Å². The van der Waals surface area contributed by atoms with Gasteiger partial charge in [0, 0.05) is 0 Å². The molecule has 1 aliphatic heterocycles. The van der Waals surface area contributed by atoms with Crippen molar-refractivity contribution >= 4 is 27.8 Å². The highest BCUT2D eigenvalue weighted by molar-refractivity contribution is 8.22. The molecule has 0 radical (unpaired) electrons. The molecule has 0 fully saturated rings. The summed E-state index contributed by atoms with van der Waals surface area (Å²) in [5, 5.41) is 0.870. The predicted octanol–water partition coefficient (Wildman–Crippen LogP) is 0.964. The summed E-state index contributed by atoms with van der Waals surface area (Å²) in [7, 11) is 0. The number of hydrogen-bond donors (Lipinski definition) is 0. The second-order valence-electron chi connectivity index (χ2n) is 1.38. The lowest BCUT2D eigenvalue weighted by molar-refractivity contribution is 1.15. The third kappa shape index (κ3) is 0.949. The van der Waals surface area contributed by atoms with E-state index < -0.39 is 0 Å². The molecule has 1 atom stereocenters. The molecule has 2 heteroatoms. The number of thioether (sulfide) groups is 1. The molecule has 1 heterocycles. The predicted molar refractivity (Wildman–Crippen MR) is 35.3 cm³/mol. The molecule has 0 aromatic heterocycles. The van der Waals surface area contributed by atoms with Crippen LogP contribution in [0.4, 0.5) is 0 Å². The normalized spacial score (nSPS) is 31.8. The van der Waals surface area contributed by atoms with Crippen LogP contribution in [0.1, 0.15) is 6.92 Å². The van der Waals surface area contributed by atoms with E-state index >= 15 is 0 Å². The summed E-state index contributed by atoms with van der Waals surface area (Å²) in [6, 6.07) is 0. The topological polar surface area (TPSA) is 0 Å². The van der Waals surface area contributed by atoms with Gasteiger partial charge >= 0.3 is 0 Å². The highest BCUT2D eigenvalue weighted by atomic mass is 32.2. The summed E-state index contributed by atoms with van der Waals surface area (Å²) in [5.74, 6) is 1.31. The zero-order valence-corrected chi connectivity index (χ0v) is 5.31. The van der Waals surface area contributed by atoms with Gasteiger partial charge in [-0.2, -0.15) is 0 Å². The van der Waals surface area contributed by atoms with Crippen LogP contribution in [-0.4, -0.2) is 15.7 Å². The van der Waals surface area contributed by atoms with Crippen LogP contribution in [0, 0.1) is 0 Å². The van der Waals surface area contributed by atoms with E-state index in [9.17, 15) is 0 Å². The fourth-order valence-corrected chi connectivity index (χ4v) is 2.56. The van der Waals surface area contributed by atoms with Crippen molar-refractivity contribution in [3.8, 4) is 0 Å². The standard InChI is InChI=1S/C4H7S2/c1-4-2-5-3-6-4/h3-4H,2H2,1H3/q+1. The minimum absolute atomic E-state index is 0.870. The zero-order chi connectivity index (χ0) is 4.41. The van der Waals surface area contributed by atoms with Crippen molar-refractivity contribution in [1.29, 1.82) is 0 Å². The largest absolute Gasteiger partial charge is 0.223 e. The molecule has 0 aromatic carbocycles. The monoisotopic (exact) mass is 119 g/mol. The fourth-order valence-electron chi connectivity index (χ4n) is 0.348. The quantitative estimate of drug-likeness (QED) is 0.338. The van der Waals surface area contributed by atoms with Gasteiger partial charge in [0.05, 0.1) is 5.25 Å². The third-order valence-electron chi connectivity index (χ3n) is 0.687. The molecule has 34 valence electrons. The molecule has 0 bridgehead atoms. The van der Waals surface area contributed by atoms with Gasteiger partial charge < -0.3 is 0 Å². The Morgan fingerprint density at radius 2 is 2.83 bits per heavy atom. The van der Waals surface area contributed by atoms with Crippen molar-refractivity contribution in [2.24, 2.45) is 0 Å². The maximum Gasteiger partial charge on any atom is 0.223 e. The van der Waals surface area contributed by atoms with Crippen molar-refractivity contribution in [3.05, 3.63) is 0 Å². The summed E-state index contributed by atoms with van der Waals surface area (Å²) in [4.78, 5) is 0. The Balaban J connectivity index is 2.32. The maximum absolute atomic E-state index is 2.25. The molecule has 0 nitrogen and oxygen atoms in total. The number of hydrogen-bond acceptors (Lipinski definition) is 1. The van der Waals surface area contributed by atoms with Crippen LogP contribution in [0.3, 0.4) is 0 Å². The molecular formula is C4H7S2+. The van der Waals surface area contributed by atoms with Gasteiger partial charge in [0.2, 0.25) is 4.70 Å². The van der Waals surface area contributed by atoms with E-state index in [1.807, 2.05) is 23.1 Å². The molecule has 0 aliphatic carbocycles. The minimum Gasteiger partial charge on any atom is -0.0646 e. The maximum atomic E-state index is 2.25. The highest BCUT2D eigenvalue weighted by Gasteiger charge is 2.13. The Bertz CT molecular complexity index is 59.9. The van der Waals surface area contributed by atoms with Gasteiger partial charge in [-0.15, -0.1) is 0 Å². The van der Waals surface area contributed by atoms with Crippen LogP contribution in [0.25, 0.3) is 0 Å². The average Bonchev–Trinajstić information content (AvgIpc) is 1.86. The third-order valence-corrected chi connectivity index (χ3v) is 3.21. The van der Waals surface area contributed by atoms with E-state index in [-0.39, 0.29) is 0 Å². The van der Waals surface area contributed by atoms with Gasteiger partial charge in [-0.1, -0.05) is 11.8 Å². The average molecular weight is 119 g/mol. The molecule has 6 heavy (non-hydrogen) atoms. The number of rotatable bonds is 0. The smallest absolute Gasteiger partial charge is 0.0646 e. The Morgan fingerprint density at radius 1 is 2.00 bits per heavy atom. The summed E-state index contributed by atoms with van der Waals surface area (Å²) in [6.45, 7) is 2.25. The van der Waals surface area contributed by atoms with Crippen molar-refractivity contribution in [3.63, 3.8) is 0 Å². The van der Waals surface area contributed by atoms with Crippen LogP contribution >= 0.6 is 11.8 Å². The van der Waals surface area contributed by atoms with Gasteiger partial charge in [-0.3, -0.25) is 0 Å². The lowest BCUT2D eigenvalue weighted by atomic mass is 10.6. The first-order chi connectivity index (χ1) is 2.89. The molecular weight excluding hydrogens is 112 g/mol. The second-order valence-corrected chi connectivity index (χ2v) is 3.89. The van der Waals surface area contributed by atoms with Gasteiger partial charge in [-0.25, -0.2) is 0 Å². The lowest BCUT2D eigenvalue weighted by Gasteiger charge is -1.82. The first-order valence-electron chi connectivity index (χ1n) is 1.98. The Hall–Kier alpha value is 0.440. The van der Waals surface area contributed by atoms with Gasteiger partial charge in [0.15, 0.2) is 17.1 Å². The molecule has 0 aromatic rings. The SMILES string of the molecule is CC1C[S+]=CS1. The minimum atomic E-state index is 0.870. The van der Waals surface area contributed by atoms with E-state index in [2.05, 4.69) is 11.6 Å². The highest BCUT2D eigenvalue weighted by Crippen LogP contribution is 2.10. The van der Waals surface area contributed by atoms with Gasteiger partial charge in [0.25, 0.3) is 0 Å². The van der Waals surface area contributed by atoms with Crippen LogP contribution in [0.15, 0.2) is 0 Å². The van der Waals surface area contributed by atoms with E-state index in [0.717, 1.165) is 5.25 Å². The zero-order valence-electron chi connectivity index (χ0n) is 3.68. The van der Waals surface area contributed by atoms with Crippen molar-refractivity contribution < 1.29 is 0 Å². The molecule has 0 amide bonds. The van der Waals surface area contributed by atoms with Gasteiger partial charge in [-0.05, 0) is 6.92 Å². The first kappa shape index (κ1) is 4.60.